The standard InChI is InChI=1S/C15H20ClFN2O/c1-2-8-19-14(20)5-3-4-13(18)15(19)10-6-7-11(16)12(17)9-10/h6-7,9,13,15H,2-5,8,18H2,1H3. The number of amides is 1. The van der Waals surface area contributed by atoms with Crippen molar-refractivity contribution in [2.45, 2.75) is 44.7 Å². The van der Waals surface area contributed by atoms with Crippen molar-refractivity contribution >= 4 is 17.5 Å². The van der Waals surface area contributed by atoms with Crippen LogP contribution in [0.2, 0.25) is 5.02 Å². The van der Waals surface area contributed by atoms with E-state index in [2.05, 4.69) is 0 Å². The van der Waals surface area contributed by atoms with Gasteiger partial charge < -0.3 is 10.6 Å². The molecule has 1 aromatic rings. The molecule has 0 spiro atoms. The summed E-state index contributed by atoms with van der Waals surface area (Å²) in [5.41, 5.74) is 6.96. The molecule has 0 saturated carbocycles. The second-order valence-corrected chi connectivity index (χ2v) is 5.67. The van der Waals surface area contributed by atoms with E-state index in [1.807, 2.05) is 6.92 Å². The third-order valence-corrected chi connectivity index (χ3v) is 4.05. The number of carbonyl (C=O) groups is 1. The number of rotatable bonds is 3. The summed E-state index contributed by atoms with van der Waals surface area (Å²) in [5.74, 6) is -0.371. The number of halogens is 2. The lowest BCUT2D eigenvalue weighted by molar-refractivity contribution is -0.133. The van der Waals surface area contributed by atoms with Crippen molar-refractivity contribution in [3.63, 3.8) is 0 Å². The van der Waals surface area contributed by atoms with Gasteiger partial charge in [-0.2, -0.15) is 0 Å². The molecule has 20 heavy (non-hydrogen) atoms. The molecule has 1 heterocycles. The van der Waals surface area contributed by atoms with Gasteiger partial charge in [-0.1, -0.05) is 24.6 Å². The molecule has 0 aromatic heterocycles. The average Bonchev–Trinajstić information content (AvgIpc) is 2.54. The number of hydrogen-bond acceptors (Lipinski definition) is 2. The first-order chi connectivity index (χ1) is 9.54. The second kappa shape index (κ2) is 6.55. The predicted octanol–water partition coefficient (Wildman–Crippen LogP) is 3.27. The molecule has 2 N–H and O–H groups in total. The average molecular weight is 299 g/mol. The molecule has 110 valence electrons. The number of likely N-dealkylation sites (tertiary alicyclic amines) is 1. The normalized spacial score (nSPS) is 23.8. The molecule has 1 fully saturated rings. The summed E-state index contributed by atoms with van der Waals surface area (Å²) >= 11 is 5.73. The molecule has 5 heteroatoms. The van der Waals surface area contributed by atoms with E-state index in [4.69, 9.17) is 17.3 Å². The quantitative estimate of drug-likeness (QED) is 0.931. The van der Waals surface area contributed by atoms with E-state index in [0.717, 1.165) is 24.8 Å². The molecule has 2 unspecified atom stereocenters. The van der Waals surface area contributed by atoms with Crippen LogP contribution in [0.4, 0.5) is 4.39 Å². The lowest BCUT2D eigenvalue weighted by Crippen LogP contribution is -2.42. The van der Waals surface area contributed by atoms with E-state index < -0.39 is 5.82 Å². The monoisotopic (exact) mass is 298 g/mol. The fourth-order valence-electron chi connectivity index (χ4n) is 2.80. The van der Waals surface area contributed by atoms with Crippen molar-refractivity contribution in [2.75, 3.05) is 6.54 Å². The van der Waals surface area contributed by atoms with Gasteiger partial charge in [0.15, 0.2) is 0 Å². The van der Waals surface area contributed by atoms with Crippen LogP contribution in [-0.2, 0) is 4.79 Å². The number of nitrogens with zero attached hydrogens (tertiary/aromatic N) is 1. The summed E-state index contributed by atoms with van der Waals surface area (Å²) in [7, 11) is 0. The van der Waals surface area contributed by atoms with Crippen molar-refractivity contribution in [3.8, 4) is 0 Å². The maximum atomic E-state index is 13.7. The number of benzene rings is 1. The molecule has 3 nitrogen and oxygen atoms in total. The molecule has 1 aliphatic rings. The Morgan fingerprint density at radius 2 is 2.25 bits per heavy atom. The van der Waals surface area contributed by atoms with E-state index in [0.29, 0.717) is 13.0 Å². The molecular weight excluding hydrogens is 279 g/mol. The predicted molar refractivity (Wildman–Crippen MR) is 78.0 cm³/mol. The van der Waals surface area contributed by atoms with E-state index in [1.54, 1.807) is 11.0 Å². The zero-order valence-corrected chi connectivity index (χ0v) is 12.4. The van der Waals surface area contributed by atoms with Crippen LogP contribution in [0.15, 0.2) is 18.2 Å². The van der Waals surface area contributed by atoms with Gasteiger partial charge in [0.1, 0.15) is 5.82 Å². The Morgan fingerprint density at radius 3 is 2.90 bits per heavy atom. The van der Waals surface area contributed by atoms with Crippen molar-refractivity contribution in [2.24, 2.45) is 5.73 Å². The third-order valence-electron chi connectivity index (χ3n) is 3.74. The highest BCUT2D eigenvalue weighted by molar-refractivity contribution is 6.30. The fraction of sp³-hybridized carbons (Fsp3) is 0.533. The molecule has 2 rings (SSSR count). The SMILES string of the molecule is CCCN1C(=O)CCCC(N)C1c1ccc(Cl)c(F)c1. The van der Waals surface area contributed by atoms with E-state index in [-0.39, 0.29) is 23.0 Å². The summed E-state index contributed by atoms with van der Waals surface area (Å²) in [5, 5.41) is 0.0873. The summed E-state index contributed by atoms with van der Waals surface area (Å²) < 4.78 is 13.7. The van der Waals surface area contributed by atoms with Gasteiger partial charge in [-0.05, 0) is 37.0 Å². The van der Waals surface area contributed by atoms with Gasteiger partial charge in [0.2, 0.25) is 5.91 Å². The topological polar surface area (TPSA) is 46.3 Å². The minimum atomic E-state index is -0.468. The molecule has 0 bridgehead atoms. The Kier molecular flexibility index (Phi) is 5.00. The highest BCUT2D eigenvalue weighted by Crippen LogP contribution is 2.31. The first-order valence-corrected chi connectivity index (χ1v) is 7.42. The van der Waals surface area contributed by atoms with E-state index in [9.17, 15) is 9.18 Å². The van der Waals surface area contributed by atoms with Crippen molar-refractivity contribution in [1.29, 1.82) is 0 Å². The van der Waals surface area contributed by atoms with E-state index in [1.165, 1.54) is 12.1 Å². The Balaban J connectivity index is 2.40. The van der Waals surface area contributed by atoms with Crippen LogP contribution < -0.4 is 5.73 Å². The summed E-state index contributed by atoms with van der Waals surface area (Å²) in [6.45, 7) is 2.66. The van der Waals surface area contributed by atoms with Gasteiger partial charge in [-0.25, -0.2) is 4.39 Å². The van der Waals surface area contributed by atoms with Gasteiger partial charge in [0, 0.05) is 19.0 Å². The summed E-state index contributed by atoms with van der Waals surface area (Å²) in [6.07, 6.45) is 2.92. The van der Waals surface area contributed by atoms with Gasteiger partial charge in [0.25, 0.3) is 0 Å². The van der Waals surface area contributed by atoms with Gasteiger partial charge in [-0.15, -0.1) is 0 Å². The zero-order chi connectivity index (χ0) is 14.7. The summed E-state index contributed by atoms with van der Waals surface area (Å²) in [6, 6.07) is 4.24. The lowest BCUT2D eigenvalue weighted by atomic mass is 9.96. The van der Waals surface area contributed by atoms with Crippen molar-refractivity contribution < 1.29 is 9.18 Å². The maximum absolute atomic E-state index is 13.7. The van der Waals surface area contributed by atoms with Crippen LogP contribution in [0.25, 0.3) is 0 Å². The van der Waals surface area contributed by atoms with Crippen LogP contribution >= 0.6 is 11.6 Å². The summed E-state index contributed by atoms with van der Waals surface area (Å²) in [4.78, 5) is 14.0. The minimum absolute atomic E-state index is 0.0873. The molecular formula is C15H20ClFN2O. The molecule has 0 radical (unpaired) electrons. The van der Waals surface area contributed by atoms with Crippen LogP contribution in [-0.4, -0.2) is 23.4 Å². The maximum Gasteiger partial charge on any atom is 0.223 e. The first-order valence-electron chi connectivity index (χ1n) is 7.04. The first kappa shape index (κ1) is 15.3. The van der Waals surface area contributed by atoms with Gasteiger partial charge >= 0.3 is 0 Å². The van der Waals surface area contributed by atoms with Crippen LogP contribution in [0.3, 0.4) is 0 Å². The van der Waals surface area contributed by atoms with Crippen molar-refractivity contribution in [3.05, 3.63) is 34.6 Å². The van der Waals surface area contributed by atoms with Crippen LogP contribution in [0, 0.1) is 5.82 Å². The fourth-order valence-corrected chi connectivity index (χ4v) is 2.92. The van der Waals surface area contributed by atoms with E-state index >= 15 is 0 Å². The number of carbonyl (C=O) groups excluding carboxylic acids is 1. The Hall–Kier alpha value is -1.13. The Morgan fingerprint density at radius 1 is 1.50 bits per heavy atom. The van der Waals surface area contributed by atoms with Crippen LogP contribution in [0.1, 0.15) is 44.2 Å². The minimum Gasteiger partial charge on any atom is -0.334 e. The lowest BCUT2D eigenvalue weighted by Gasteiger charge is -2.34. The molecule has 1 amide bonds. The largest absolute Gasteiger partial charge is 0.334 e. The highest BCUT2D eigenvalue weighted by Gasteiger charge is 2.32. The Bertz CT molecular complexity index is 495. The Labute approximate surface area is 123 Å². The molecule has 1 aliphatic heterocycles. The molecule has 2 atom stereocenters. The van der Waals surface area contributed by atoms with Crippen molar-refractivity contribution in [1.82, 2.24) is 4.90 Å². The molecule has 1 aromatic carbocycles. The second-order valence-electron chi connectivity index (χ2n) is 5.26. The van der Waals surface area contributed by atoms with Crippen LogP contribution in [0.5, 0.6) is 0 Å². The number of nitrogens with two attached hydrogens (primary N) is 1. The molecule has 0 aliphatic carbocycles. The zero-order valence-electron chi connectivity index (χ0n) is 11.6. The smallest absolute Gasteiger partial charge is 0.223 e. The molecule has 1 saturated heterocycles. The highest BCUT2D eigenvalue weighted by atomic mass is 35.5. The van der Waals surface area contributed by atoms with Gasteiger partial charge in [0.05, 0.1) is 11.1 Å². The number of hydrogen-bond donors (Lipinski definition) is 1. The third kappa shape index (κ3) is 3.13. The van der Waals surface area contributed by atoms with Gasteiger partial charge in [-0.3, -0.25) is 4.79 Å².